The van der Waals surface area contributed by atoms with Crippen LogP contribution in [0.2, 0.25) is 0 Å². The highest BCUT2D eigenvalue weighted by atomic mass is 16.5. The van der Waals surface area contributed by atoms with Gasteiger partial charge in [0.1, 0.15) is 0 Å². The Balaban J connectivity index is 1.83. The molecule has 0 saturated carbocycles. The van der Waals surface area contributed by atoms with Gasteiger partial charge in [-0.2, -0.15) is 0 Å². The molecule has 7 heteroatoms. The zero-order valence-electron chi connectivity index (χ0n) is 13.0. The quantitative estimate of drug-likeness (QED) is 0.702. The van der Waals surface area contributed by atoms with Gasteiger partial charge in [-0.3, -0.25) is 14.5 Å². The van der Waals surface area contributed by atoms with Crippen molar-refractivity contribution >= 4 is 11.8 Å². The molecule has 0 bridgehead atoms. The van der Waals surface area contributed by atoms with Crippen molar-refractivity contribution in [3.05, 3.63) is 0 Å². The lowest BCUT2D eigenvalue weighted by molar-refractivity contribution is -0.142. The largest absolute Gasteiger partial charge is 0.381 e. The summed E-state index contributed by atoms with van der Waals surface area (Å²) < 4.78 is 5.28. The van der Waals surface area contributed by atoms with Gasteiger partial charge in [0.05, 0.1) is 12.1 Å². The summed E-state index contributed by atoms with van der Waals surface area (Å²) in [6.07, 6.45) is 1.18. The van der Waals surface area contributed by atoms with Crippen molar-refractivity contribution < 1.29 is 14.3 Å². The molecule has 2 aliphatic heterocycles. The normalized spacial score (nSPS) is 22.9. The lowest BCUT2D eigenvalue weighted by Crippen LogP contribution is -2.61. The molecule has 0 aromatic carbocycles. The molecule has 0 atom stereocenters. The minimum atomic E-state index is -0.764. The molecule has 0 radical (unpaired) electrons. The third kappa shape index (κ3) is 3.93. The van der Waals surface area contributed by atoms with Crippen LogP contribution in [0.5, 0.6) is 0 Å². The van der Waals surface area contributed by atoms with E-state index in [9.17, 15) is 9.59 Å². The van der Waals surface area contributed by atoms with Crippen LogP contribution in [0.25, 0.3) is 0 Å². The van der Waals surface area contributed by atoms with Crippen molar-refractivity contribution in [1.82, 2.24) is 14.7 Å². The van der Waals surface area contributed by atoms with Crippen LogP contribution in [0.4, 0.5) is 0 Å². The molecule has 120 valence electrons. The first-order valence-corrected chi connectivity index (χ1v) is 7.51. The first kappa shape index (κ1) is 16.2. The predicted molar refractivity (Wildman–Crippen MR) is 78.7 cm³/mol. The number of amides is 2. The number of ether oxygens (including phenoxy) is 1. The Labute approximate surface area is 126 Å². The number of rotatable bonds is 3. The van der Waals surface area contributed by atoms with Crippen LogP contribution in [-0.2, 0) is 14.3 Å². The highest BCUT2D eigenvalue weighted by Crippen LogP contribution is 2.21. The molecule has 2 fully saturated rings. The number of nitrogens with zero attached hydrogens (tertiary/aromatic N) is 3. The molecule has 2 aliphatic rings. The fourth-order valence-corrected chi connectivity index (χ4v) is 2.71. The van der Waals surface area contributed by atoms with E-state index in [0.29, 0.717) is 45.7 Å². The molecule has 0 aliphatic carbocycles. The Hall–Kier alpha value is -1.18. The number of carbonyl (C=O) groups excluding carboxylic acids is 2. The molecule has 0 unspecified atom stereocenters. The Morgan fingerprint density at radius 3 is 2.24 bits per heavy atom. The summed E-state index contributed by atoms with van der Waals surface area (Å²) >= 11 is 0. The van der Waals surface area contributed by atoms with E-state index in [0.717, 1.165) is 13.1 Å². The van der Waals surface area contributed by atoms with Crippen LogP contribution < -0.4 is 5.73 Å². The molecule has 0 aromatic heterocycles. The summed E-state index contributed by atoms with van der Waals surface area (Å²) in [4.78, 5) is 29.8. The van der Waals surface area contributed by atoms with E-state index >= 15 is 0 Å². The van der Waals surface area contributed by atoms with E-state index in [1.807, 2.05) is 4.90 Å². The monoisotopic (exact) mass is 298 g/mol. The third-order valence-electron chi connectivity index (χ3n) is 4.33. The van der Waals surface area contributed by atoms with Gasteiger partial charge in [0.15, 0.2) is 0 Å². The molecule has 21 heavy (non-hydrogen) atoms. The van der Waals surface area contributed by atoms with Crippen LogP contribution in [0, 0.1) is 0 Å². The van der Waals surface area contributed by atoms with Gasteiger partial charge in [-0.05, 0) is 12.8 Å². The second kappa shape index (κ2) is 6.72. The number of nitrogens with two attached hydrogens (primary N) is 1. The van der Waals surface area contributed by atoms with E-state index in [4.69, 9.17) is 10.5 Å². The summed E-state index contributed by atoms with van der Waals surface area (Å²) in [5.41, 5.74) is 5.48. The van der Waals surface area contributed by atoms with Crippen molar-refractivity contribution in [2.24, 2.45) is 5.73 Å². The van der Waals surface area contributed by atoms with Gasteiger partial charge in [-0.15, -0.1) is 0 Å². The number of hydrogen-bond acceptors (Lipinski definition) is 5. The molecule has 0 spiro atoms. The van der Waals surface area contributed by atoms with Crippen molar-refractivity contribution in [2.45, 2.75) is 18.4 Å². The number of hydrogen-bond donors (Lipinski definition) is 1. The smallest absolute Gasteiger partial charge is 0.242 e. The SMILES string of the molecule is CN(C)C(=O)CN1CCN(C(=O)C2(N)CCOCC2)CC1. The van der Waals surface area contributed by atoms with E-state index < -0.39 is 5.54 Å². The molecular weight excluding hydrogens is 272 g/mol. The van der Waals surface area contributed by atoms with Crippen LogP contribution >= 0.6 is 0 Å². The van der Waals surface area contributed by atoms with Gasteiger partial charge in [0.2, 0.25) is 11.8 Å². The molecule has 2 N–H and O–H groups in total. The molecule has 7 nitrogen and oxygen atoms in total. The minimum absolute atomic E-state index is 0.0318. The lowest BCUT2D eigenvalue weighted by Gasteiger charge is -2.40. The predicted octanol–water partition coefficient (Wildman–Crippen LogP) is -1.27. The van der Waals surface area contributed by atoms with Gasteiger partial charge in [-0.1, -0.05) is 0 Å². The maximum absolute atomic E-state index is 12.6. The fraction of sp³-hybridized carbons (Fsp3) is 0.857. The van der Waals surface area contributed by atoms with Crippen molar-refractivity contribution in [3.63, 3.8) is 0 Å². The van der Waals surface area contributed by atoms with Crippen molar-refractivity contribution in [2.75, 3.05) is 60.0 Å². The zero-order chi connectivity index (χ0) is 15.5. The van der Waals surface area contributed by atoms with Crippen LogP contribution in [0.3, 0.4) is 0 Å². The average Bonchev–Trinajstić information content (AvgIpc) is 2.48. The van der Waals surface area contributed by atoms with Crippen LogP contribution in [0.15, 0.2) is 0 Å². The standard InChI is InChI=1S/C14H26N4O3/c1-16(2)12(19)11-17-5-7-18(8-6-17)13(20)14(15)3-9-21-10-4-14/h3-11,15H2,1-2H3. The lowest BCUT2D eigenvalue weighted by atomic mass is 9.89. The van der Waals surface area contributed by atoms with E-state index in [1.165, 1.54) is 0 Å². The van der Waals surface area contributed by atoms with Gasteiger partial charge in [0.25, 0.3) is 0 Å². The Kier molecular flexibility index (Phi) is 5.18. The zero-order valence-corrected chi connectivity index (χ0v) is 13.0. The Morgan fingerprint density at radius 2 is 1.71 bits per heavy atom. The van der Waals surface area contributed by atoms with Crippen LogP contribution in [-0.4, -0.2) is 92.1 Å². The maximum Gasteiger partial charge on any atom is 0.242 e. The average molecular weight is 298 g/mol. The Bertz CT molecular complexity index is 386. The molecule has 2 rings (SSSR count). The van der Waals surface area contributed by atoms with Gasteiger partial charge < -0.3 is 20.3 Å². The second-order valence-corrected chi connectivity index (χ2v) is 6.13. The van der Waals surface area contributed by atoms with E-state index in [1.54, 1.807) is 19.0 Å². The van der Waals surface area contributed by atoms with Gasteiger partial charge in [-0.25, -0.2) is 0 Å². The summed E-state index contributed by atoms with van der Waals surface area (Å²) in [7, 11) is 3.51. The van der Waals surface area contributed by atoms with Crippen LogP contribution in [0.1, 0.15) is 12.8 Å². The topological polar surface area (TPSA) is 79.1 Å². The maximum atomic E-state index is 12.6. The first-order chi connectivity index (χ1) is 9.92. The van der Waals surface area contributed by atoms with Gasteiger partial charge >= 0.3 is 0 Å². The molecule has 2 saturated heterocycles. The highest BCUT2D eigenvalue weighted by molar-refractivity contribution is 5.86. The molecule has 2 amide bonds. The first-order valence-electron chi connectivity index (χ1n) is 7.51. The summed E-state index contributed by atoms with van der Waals surface area (Å²) in [6.45, 7) is 4.24. The molecular formula is C14H26N4O3. The van der Waals surface area contributed by atoms with E-state index in [2.05, 4.69) is 4.90 Å². The molecule has 2 heterocycles. The fourth-order valence-electron chi connectivity index (χ4n) is 2.71. The summed E-state index contributed by atoms with van der Waals surface area (Å²) in [5, 5.41) is 0. The minimum Gasteiger partial charge on any atom is -0.381 e. The third-order valence-corrected chi connectivity index (χ3v) is 4.33. The van der Waals surface area contributed by atoms with Crippen molar-refractivity contribution in [1.29, 1.82) is 0 Å². The Morgan fingerprint density at radius 1 is 1.14 bits per heavy atom. The number of piperazine rings is 1. The highest BCUT2D eigenvalue weighted by Gasteiger charge is 2.39. The summed E-state index contributed by atoms with van der Waals surface area (Å²) in [5.74, 6) is 0.124. The second-order valence-electron chi connectivity index (χ2n) is 6.13. The van der Waals surface area contributed by atoms with Crippen molar-refractivity contribution in [3.8, 4) is 0 Å². The summed E-state index contributed by atoms with van der Waals surface area (Å²) in [6, 6.07) is 0. The molecule has 0 aromatic rings. The number of carbonyl (C=O) groups is 2. The van der Waals surface area contributed by atoms with Gasteiger partial charge in [0, 0.05) is 53.5 Å². The number of likely N-dealkylation sites (N-methyl/N-ethyl adjacent to an activating group) is 1. The van der Waals surface area contributed by atoms with E-state index in [-0.39, 0.29) is 11.8 Å².